The van der Waals surface area contributed by atoms with Crippen molar-refractivity contribution >= 4 is 47.2 Å². The van der Waals surface area contributed by atoms with Crippen molar-refractivity contribution in [2.24, 2.45) is 5.84 Å². The van der Waals surface area contributed by atoms with Crippen LogP contribution < -0.4 is 5.84 Å². The first kappa shape index (κ1) is 16.7. The third-order valence-electron chi connectivity index (χ3n) is 3.17. The zero-order valence-corrected chi connectivity index (χ0v) is 14.1. The van der Waals surface area contributed by atoms with Crippen molar-refractivity contribution in [3.8, 4) is 0 Å². The van der Waals surface area contributed by atoms with Gasteiger partial charge in [-0.25, -0.2) is 10.6 Å². The fraction of sp³-hybridized carbons (Fsp3) is 0.231. The first-order valence-electron chi connectivity index (χ1n) is 6.22. The summed E-state index contributed by atoms with van der Waals surface area (Å²) in [6, 6.07) is 9.42. The van der Waals surface area contributed by atoms with Gasteiger partial charge in [0.05, 0.1) is 12.6 Å². The average Bonchev–Trinajstić information content (AvgIpc) is 2.98. The van der Waals surface area contributed by atoms with Crippen molar-refractivity contribution in [2.45, 2.75) is 12.0 Å². The van der Waals surface area contributed by atoms with Crippen LogP contribution in [0.3, 0.4) is 0 Å². The molecule has 0 radical (unpaired) electrons. The van der Waals surface area contributed by atoms with Gasteiger partial charge in [0, 0.05) is 6.42 Å². The van der Waals surface area contributed by atoms with Gasteiger partial charge >= 0.3 is 5.97 Å². The number of aromatic nitrogens is 2. The van der Waals surface area contributed by atoms with Gasteiger partial charge in [-0.2, -0.15) is 5.10 Å². The molecule has 0 unspecified atom stereocenters. The van der Waals surface area contributed by atoms with Crippen LogP contribution in [0.15, 0.2) is 30.3 Å². The molecule has 1 aromatic carbocycles. The smallest absolute Gasteiger partial charge is 0.340 e. The Morgan fingerprint density at radius 1 is 1.55 bits per heavy atom. The number of hydrazine groups is 1. The molecule has 116 valence electrons. The summed E-state index contributed by atoms with van der Waals surface area (Å²) in [6.45, 7) is 0. The third-order valence-corrected chi connectivity index (χ3v) is 4.64. The highest BCUT2D eigenvalue weighted by atomic mass is 32.1. The molecule has 0 bridgehead atoms. The maximum Gasteiger partial charge on any atom is 0.340 e. The van der Waals surface area contributed by atoms with E-state index in [0.29, 0.717) is 8.96 Å². The largest absolute Gasteiger partial charge is 0.467 e. The molecule has 1 atom stereocenters. The van der Waals surface area contributed by atoms with Crippen LogP contribution in [-0.2, 0) is 21.5 Å². The molecule has 22 heavy (non-hydrogen) atoms. The number of rotatable bonds is 6. The molecule has 0 saturated carbocycles. The highest BCUT2D eigenvalue weighted by molar-refractivity contribution is 7.78. The van der Waals surface area contributed by atoms with Gasteiger partial charge in [0.2, 0.25) is 5.54 Å². The van der Waals surface area contributed by atoms with Gasteiger partial charge in [-0.1, -0.05) is 53.9 Å². The molecule has 2 rings (SSSR count). The van der Waals surface area contributed by atoms with Gasteiger partial charge < -0.3 is 4.74 Å². The predicted octanol–water partition coefficient (Wildman–Crippen LogP) is 1.94. The number of methoxy groups -OCH3 is 1. The first-order chi connectivity index (χ1) is 10.5. The van der Waals surface area contributed by atoms with E-state index in [2.05, 4.69) is 10.2 Å². The van der Waals surface area contributed by atoms with Crippen LogP contribution in [0.25, 0.3) is 0 Å². The van der Waals surface area contributed by atoms with Crippen LogP contribution in [-0.4, -0.2) is 33.8 Å². The second-order valence-corrected chi connectivity index (χ2v) is 6.32. The summed E-state index contributed by atoms with van der Waals surface area (Å²) >= 11 is 11.1. The lowest BCUT2D eigenvalue weighted by molar-refractivity contribution is -0.153. The topological polar surface area (TPSA) is 84.2 Å². The van der Waals surface area contributed by atoms with Crippen LogP contribution in [0.4, 0.5) is 0 Å². The summed E-state index contributed by atoms with van der Waals surface area (Å²) in [5, 5.41) is 8.33. The molecule has 2 aromatic rings. The number of carbonyl (C=O) groups is 1. The molecule has 0 spiro atoms. The summed E-state index contributed by atoms with van der Waals surface area (Å²) in [5.74, 6) is 5.45. The van der Waals surface area contributed by atoms with Gasteiger partial charge in [-0.3, -0.25) is 10.1 Å². The van der Waals surface area contributed by atoms with Crippen molar-refractivity contribution in [3.05, 3.63) is 44.9 Å². The molecular formula is C13H14N4O2S3. The number of H-pyrrole nitrogens is 1. The van der Waals surface area contributed by atoms with Crippen LogP contribution in [0.5, 0.6) is 0 Å². The molecular weight excluding hydrogens is 340 g/mol. The van der Waals surface area contributed by atoms with Crippen molar-refractivity contribution in [3.63, 3.8) is 0 Å². The number of nitrogens with zero attached hydrogens (tertiary/aromatic N) is 2. The number of nitrogens with one attached hydrogen (secondary N) is 1. The highest BCUT2D eigenvalue weighted by Gasteiger charge is 2.48. The number of nitrogens with two attached hydrogens (primary N) is 1. The minimum absolute atomic E-state index is 0.250. The third kappa shape index (κ3) is 3.07. The number of aromatic amines is 1. The molecule has 0 aliphatic carbocycles. The van der Waals surface area contributed by atoms with E-state index in [1.807, 2.05) is 30.3 Å². The fourth-order valence-corrected chi connectivity index (χ4v) is 3.35. The molecule has 0 aliphatic heterocycles. The number of benzene rings is 1. The van der Waals surface area contributed by atoms with Crippen LogP contribution >= 0.6 is 35.8 Å². The maximum atomic E-state index is 12.6. The Bertz CT molecular complexity index is 715. The minimum Gasteiger partial charge on any atom is -0.467 e. The highest BCUT2D eigenvalue weighted by Crippen LogP contribution is 2.33. The van der Waals surface area contributed by atoms with E-state index in [1.54, 1.807) is 0 Å². The first-order valence-corrected chi connectivity index (χ1v) is 7.92. The van der Waals surface area contributed by atoms with Gasteiger partial charge in [0.1, 0.15) is 0 Å². The van der Waals surface area contributed by atoms with Gasteiger partial charge in [0.15, 0.2) is 8.96 Å². The van der Waals surface area contributed by atoms with E-state index >= 15 is 0 Å². The lowest BCUT2D eigenvalue weighted by atomic mass is 9.90. The van der Waals surface area contributed by atoms with Crippen molar-refractivity contribution in [1.29, 1.82) is 0 Å². The molecule has 0 amide bonds. The lowest BCUT2D eigenvalue weighted by Gasteiger charge is -2.35. The number of hydrogen-bond donors (Lipinski definition) is 2. The summed E-state index contributed by atoms with van der Waals surface area (Å²) < 4.78 is 5.41. The van der Waals surface area contributed by atoms with Crippen molar-refractivity contribution in [2.75, 3.05) is 7.11 Å². The monoisotopic (exact) mass is 354 g/mol. The van der Waals surface area contributed by atoms with Crippen LogP contribution in [0, 0.1) is 3.95 Å². The quantitative estimate of drug-likeness (QED) is 0.355. The van der Waals surface area contributed by atoms with Gasteiger partial charge in [-0.05, 0) is 17.8 Å². The minimum atomic E-state index is -1.37. The Balaban J connectivity index is 2.61. The number of hydrogen-bond acceptors (Lipinski definition) is 7. The van der Waals surface area contributed by atoms with E-state index in [0.717, 1.165) is 21.9 Å². The van der Waals surface area contributed by atoms with E-state index in [9.17, 15) is 4.79 Å². The van der Waals surface area contributed by atoms with E-state index in [1.165, 1.54) is 12.6 Å². The SMILES string of the molecule is COC(=O)[C@@](Cc1ccccc1)(c1n[nH]c(=S)s1)N(N)C=S. The second-order valence-electron chi connectivity index (χ2n) is 4.45. The zero-order chi connectivity index (χ0) is 16.2. The molecule has 1 heterocycles. The summed E-state index contributed by atoms with van der Waals surface area (Å²) in [6.07, 6.45) is 0.250. The van der Waals surface area contributed by atoms with E-state index in [4.69, 9.17) is 35.0 Å². The lowest BCUT2D eigenvalue weighted by Crippen LogP contribution is -2.56. The fourth-order valence-electron chi connectivity index (χ4n) is 2.10. The zero-order valence-electron chi connectivity index (χ0n) is 11.7. The summed E-state index contributed by atoms with van der Waals surface area (Å²) in [5.41, 5.74) is 0.724. The standard InChI is InChI=1S/C13H14N4O2S3/c1-19-11(18)13(17(14)8-20,10-15-16-12(21)22-10)7-9-5-3-2-4-6-9/h2-6,8H,7,14H2,1H3,(H,16,21)/t13-/m1/s1. The maximum absolute atomic E-state index is 12.6. The Hall–Kier alpha value is -1.68. The molecule has 1 aromatic heterocycles. The van der Waals surface area contributed by atoms with Gasteiger partial charge in [0.25, 0.3) is 0 Å². The van der Waals surface area contributed by atoms with Crippen LogP contribution in [0.2, 0.25) is 0 Å². The molecule has 3 N–H and O–H groups in total. The summed E-state index contributed by atoms with van der Waals surface area (Å²) in [7, 11) is 1.30. The number of carbonyl (C=O) groups excluding carboxylic acids is 1. The predicted molar refractivity (Wildman–Crippen MR) is 90.8 cm³/mol. The molecule has 0 aliphatic rings. The molecule has 9 heteroatoms. The van der Waals surface area contributed by atoms with Crippen molar-refractivity contribution < 1.29 is 9.53 Å². The van der Waals surface area contributed by atoms with Crippen molar-refractivity contribution in [1.82, 2.24) is 15.2 Å². The molecule has 0 saturated heterocycles. The number of ether oxygens (including phenoxy) is 1. The van der Waals surface area contributed by atoms with Gasteiger partial charge in [-0.15, -0.1) is 0 Å². The number of thiocarbonyl (C=S) groups is 1. The Kier molecular flexibility index (Phi) is 5.35. The molecule has 6 nitrogen and oxygen atoms in total. The van der Waals surface area contributed by atoms with E-state index < -0.39 is 11.5 Å². The average molecular weight is 354 g/mol. The normalized spacial score (nSPS) is 13.2. The van der Waals surface area contributed by atoms with Crippen LogP contribution in [0.1, 0.15) is 10.6 Å². The Labute approximate surface area is 141 Å². The summed E-state index contributed by atoms with van der Waals surface area (Å²) in [4.78, 5) is 12.6. The van der Waals surface area contributed by atoms with E-state index in [-0.39, 0.29) is 6.42 Å². The second kappa shape index (κ2) is 7.05. The Morgan fingerprint density at radius 3 is 2.73 bits per heavy atom. The Morgan fingerprint density at radius 2 is 2.23 bits per heavy atom. The number of esters is 1. The molecule has 0 fully saturated rings.